The summed E-state index contributed by atoms with van der Waals surface area (Å²) < 4.78 is 0. The second kappa shape index (κ2) is 9.05. The molecule has 3 amide bonds. The van der Waals surface area contributed by atoms with Gasteiger partial charge in [-0.15, -0.1) is 0 Å². The fourth-order valence-electron chi connectivity index (χ4n) is 5.14. The summed E-state index contributed by atoms with van der Waals surface area (Å²) in [4.78, 5) is 30.4. The topological polar surface area (TPSA) is 72.9 Å². The number of hydrogen-bond acceptors (Lipinski definition) is 4. The molecular weight excluding hydrogens is 426 g/mol. The van der Waals surface area contributed by atoms with Gasteiger partial charge in [0.1, 0.15) is 0 Å². The Labute approximate surface area is 199 Å². The van der Waals surface area contributed by atoms with Gasteiger partial charge in [-0.25, -0.2) is 4.79 Å². The minimum Gasteiger partial charge on any atom is -0.385 e. The van der Waals surface area contributed by atoms with Crippen LogP contribution in [0.25, 0.3) is 0 Å². The number of rotatable bonds is 6. The molecule has 2 aliphatic rings. The summed E-state index contributed by atoms with van der Waals surface area (Å²) in [5.41, 5.74) is 0.379. The number of piperidine rings is 1. The molecule has 0 saturated carbocycles. The smallest absolute Gasteiger partial charge is 0.325 e. The Morgan fingerprint density at radius 2 is 1.18 bits per heavy atom. The van der Waals surface area contributed by atoms with E-state index in [2.05, 4.69) is 10.2 Å². The molecule has 5 rings (SSSR count). The van der Waals surface area contributed by atoms with E-state index >= 15 is 0 Å². The lowest BCUT2D eigenvalue weighted by Crippen LogP contribution is -2.47. The van der Waals surface area contributed by atoms with Crippen LogP contribution in [-0.4, -0.2) is 53.0 Å². The molecule has 0 atom stereocenters. The van der Waals surface area contributed by atoms with Crippen molar-refractivity contribution in [2.45, 2.75) is 24.0 Å². The van der Waals surface area contributed by atoms with Crippen LogP contribution < -0.4 is 5.32 Å². The Morgan fingerprint density at radius 3 is 1.68 bits per heavy atom. The van der Waals surface area contributed by atoms with E-state index in [0.717, 1.165) is 16.7 Å². The third-order valence-electron chi connectivity index (χ3n) is 7.15. The molecule has 0 aromatic heterocycles. The summed E-state index contributed by atoms with van der Waals surface area (Å²) >= 11 is 0. The highest BCUT2D eigenvalue weighted by molar-refractivity contribution is 6.09. The van der Waals surface area contributed by atoms with Crippen LogP contribution >= 0.6 is 0 Å². The van der Waals surface area contributed by atoms with Crippen molar-refractivity contribution in [1.82, 2.24) is 15.1 Å². The van der Waals surface area contributed by atoms with Crippen LogP contribution in [0, 0.1) is 0 Å². The molecule has 3 aromatic rings. The number of hydrogen-bond donors (Lipinski definition) is 2. The predicted molar refractivity (Wildman–Crippen MR) is 130 cm³/mol. The Kier molecular flexibility index (Phi) is 5.94. The number of nitrogens with zero attached hydrogens (tertiary/aromatic N) is 2. The number of urea groups is 1. The number of benzene rings is 3. The first kappa shape index (κ1) is 22.3. The zero-order valence-corrected chi connectivity index (χ0v) is 19.1. The van der Waals surface area contributed by atoms with Crippen LogP contribution in [0.3, 0.4) is 0 Å². The Balaban J connectivity index is 1.30. The van der Waals surface area contributed by atoms with Crippen LogP contribution in [0.4, 0.5) is 4.79 Å². The molecule has 6 nitrogen and oxygen atoms in total. The van der Waals surface area contributed by atoms with E-state index in [-0.39, 0.29) is 11.9 Å². The van der Waals surface area contributed by atoms with Crippen molar-refractivity contribution in [3.8, 4) is 0 Å². The molecule has 0 unspecified atom stereocenters. The molecule has 0 bridgehead atoms. The molecule has 2 N–H and O–H groups in total. The maximum absolute atomic E-state index is 13.8. The summed E-state index contributed by atoms with van der Waals surface area (Å²) in [6, 6.07) is 28.2. The monoisotopic (exact) mass is 455 g/mol. The van der Waals surface area contributed by atoms with E-state index in [1.54, 1.807) is 0 Å². The van der Waals surface area contributed by atoms with Gasteiger partial charge in [-0.2, -0.15) is 0 Å². The molecule has 2 aliphatic heterocycles. The van der Waals surface area contributed by atoms with Gasteiger partial charge >= 0.3 is 6.03 Å². The predicted octanol–water partition coefficient (Wildman–Crippen LogP) is 3.47. The van der Waals surface area contributed by atoms with E-state index in [1.807, 2.05) is 91.0 Å². The van der Waals surface area contributed by atoms with Crippen molar-refractivity contribution in [1.29, 1.82) is 0 Å². The third-order valence-corrected chi connectivity index (χ3v) is 7.15. The maximum Gasteiger partial charge on any atom is 0.325 e. The molecule has 174 valence electrons. The molecule has 6 heteroatoms. The zero-order chi connectivity index (χ0) is 23.6. The number of amides is 3. The van der Waals surface area contributed by atoms with Crippen LogP contribution in [-0.2, 0) is 15.9 Å². The fraction of sp³-hybridized carbons (Fsp3) is 0.286. The quantitative estimate of drug-likeness (QED) is 0.559. The third kappa shape index (κ3) is 3.89. The number of likely N-dealkylation sites (tertiary alicyclic amines) is 1. The average molecular weight is 456 g/mol. The van der Waals surface area contributed by atoms with Crippen molar-refractivity contribution < 1.29 is 14.7 Å². The Hall–Kier alpha value is -3.48. The Bertz CT molecular complexity index is 1100. The lowest BCUT2D eigenvalue weighted by Gasteiger charge is -2.39. The van der Waals surface area contributed by atoms with Gasteiger partial charge in [0.2, 0.25) is 0 Å². The van der Waals surface area contributed by atoms with E-state index in [9.17, 15) is 14.7 Å². The molecule has 0 radical (unpaired) electrons. The number of nitrogens with one attached hydrogen (secondary N) is 1. The van der Waals surface area contributed by atoms with Gasteiger partial charge in [-0.1, -0.05) is 91.0 Å². The molecule has 34 heavy (non-hydrogen) atoms. The highest BCUT2D eigenvalue weighted by Gasteiger charge is 2.53. The molecule has 0 aliphatic carbocycles. The van der Waals surface area contributed by atoms with Gasteiger partial charge in [-0.3, -0.25) is 9.69 Å². The minimum absolute atomic E-state index is 0.257. The standard InChI is InChI=1S/C28H29N3O3/c32-25-28(23-12-6-2-7-13-23,24-14-8-3-9-15-24)29-26(33)31(25)21-20-30-18-16-27(34,17-19-30)22-10-4-1-5-11-22/h1-15,34H,16-21H2,(H,29,33). The van der Waals surface area contributed by atoms with Crippen molar-refractivity contribution in [3.05, 3.63) is 108 Å². The Morgan fingerprint density at radius 1 is 0.706 bits per heavy atom. The largest absolute Gasteiger partial charge is 0.385 e. The zero-order valence-electron chi connectivity index (χ0n) is 19.1. The first-order valence-corrected chi connectivity index (χ1v) is 11.8. The lowest BCUT2D eigenvalue weighted by molar-refractivity contribution is -0.130. The fourth-order valence-corrected chi connectivity index (χ4v) is 5.14. The second-order valence-electron chi connectivity index (χ2n) is 9.11. The molecule has 2 heterocycles. The lowest BCUT2D eigenvalue weighted by atomic mass is 9.82. The van der Waals surface area contributed by atoms with Crippen LogP contribution in [0.5, 0.6) is 0 Å². The summed E-state index contributed by atoms with van der Waals surface area (Å²) in [7, 11) is 0. The molecule has 0 spiro atoms. The van der Waals surface area contributed by atoms with Gasteiger partial charge in [0.05, 0.1) is 5.60 Å². The van der Waals surface area contributed by atoms with Crippen LogP contribution in [0.15, 0.2) is 91.0 Å². The van der Waals surface area contributed by atoms with E-state index < -0.39 is 11.1 Å². The molecule has 3 aromatic carbocycles. The normalized spacial score (nSPS) is 19.7. The van der Waals surface area contributed by atoms with Gasteiger partial charge in [-0.05, 0) is 29.5 Å². The summed E-state index contributed by atoms with van der Waals surface area (Å²) in [6.07, 6.45) is 1.24. The van der Waals surface area contributed by atoms with Gasteiger partial charge in [0, 0.05) is 26.2 Å². The van der Waals surface area contributed by atoms with E-state index in [1.165, 1.54) is 4.90 Å². The molecule has 2 saturated heterocycles. The minimum atomic E-state index is -1.23. The van der Waals surface area contributed by atoms with Crippen molar-refractivity contribution in [3.63, 3.8) is 0 Å². The van der Waals surface area contributed by atoms with Crippen molar-refractivity contribution in [2.24, 2.45) is 0 Å². The molecule has 2 fully saturated rings. The van der Waals surface area contributed by atoms with Crippen molar-refractivity contribution >= 4 is 11.9 Å². The van der Waals surface area contributed by atoms with Crippen LogP contribution in [0.2, 0.25) is 0 Å². The maximum atomic E-state index is 13.8. The summed E-state index contributed by atoms with van der Waals surface area (Å²) in [5.74, 6) is -0.257. The number of aliphatic hydroxyl groups is 1. The van der Waals surface area contributed by atoms with Gasteiger partial charge in [0.15, 0.2) is 5.54 Å². The van der Waals surface area contributed by atoms with E-state index in [4.69, 9.17) is 0 Å². The second-order valence-corrected chi connectivity index (χ2v) is 9.11. The summed E-state index contributed by atoms with van der Waals surface area (Å²) in [5, 5.41) is 14.1. The van der Waals surface area contributed by atoms with Crippen molar-refractivity contribution in [2.75, 3.05) is 26.2 Å². The highest BCUT2D eigenvalue weighted by Crippen LogP contribution is 2.36. The summed E-state index contributed by atoms with van der Waals surface area (Å²) in [6.45, 7) is 2.29. The van der Waals surface area contributed by atoms with Gasteiger partial charge < -0.3 is 15.3 Å². The van der Waals surface area contributed by atoms with Gasteiger partial charge in [0.25, 0.3) is 5.91 Å². The first-order valence-electron chi connectivity index (χ1n) is 11.8. The SMILES string of the molecule is O=C1NC(c2ccccc2)(c2ccccc2)C(=O)N1CCN1CCC(O)(c2ccccc2)CC1. The average Bonchev–Trinajstić information content (AvgIpc) is 3.15. The highest BCUT2D eigenvalue weighted by atomic mass is 16.3. The number of carbonyl (C=O) groups excluding carboxylic acids is 2. The van der Waals surface area contributed by atoms with Crippen LogP contribution in [0.1, 0.15) is 29.5 Å². The first-order chi connectivity index (χ1) is 16.5. The number of carbonyl (C=O) groups is 2. The van der Waals surface area contributed by atoms with E-state index in [0.29, 0.717) is 39.0 Å². The number of imide groups is 1. The molecular formula is C28H29N3O3.